The zero-order chi connectivity index (χ0) is 22.3. The van der Waals surface area contributed by atoms with Crippen LogP contribution in [0.4, 0.5) is 14.5 Å². The van der Waals surface area contributed by atoms with Crippen molar-refractivity contribution in [3.8, 4) is 11.1 Å². The maximum atomic E-state index is 14.8. The Morgan fingerprint density at radius 2 is 1.81 bits per heavy atom. The van der Waals surface area contributed by atoms with Gasteiger partial charge in [0.25, 0.3) is 11.5 Å². The van der Waals surface area contributed by atoms with Crippen molar-refractivity contribution in [1.29, 1.82) is 0 Å². The van der Waals surface area contributed by atoms with Gasteiger partial charge in [-0.1, -0.05) is 23.2 Å². The van der Waals surface area contributed by atoms with Gasteiger partial charge in [0.15, 0.2) is 0 Å². The van der Waals surface area contributed by atoms with E-state index in [9.17, 15) is 18.4 Å². The van der Waals surface area contributed by atoms with Crippen LogP contribution in [0, 0.1) is 11.6 Å². The Morgan fingerprint density at radius 1 is 1.03 bits per heavy atom. The summed E-state index contributed by atoms with van der Waals surface area (Å²) in [5.41, 5.74) is 0.605. The molecule has 4 rings (SSSR count). The number of benzene rings is 2. The molecule has 0 unspecified atom stereocenters. The van der Waals surface area contributed by atoms with Crippen LogP contribution < -0.4 is 10.9 Å². The topological polar surface area (TPSA) is 64.0 Å². The maximum Gasteiger partial charge on any atom is 0.259 e. The Morgan fingerprint density at radius 3 is 2.55 bits per heavy atom. The number of carbonyl (C=O) groups excluding carboxylic acids is 1. The Labute approximate surface area is 184 Å². The lowest BCUT2D eigenvalue weighted by atomic mass is 10.0. The van der Waals surface area contributed by atoms with Gasteiger partial charge in [0.05, 0.1) is 38.4 Å². The van der Waals surface area contributed by atoms with E-state index in [2.05, 4.69) is 10.3 Å². The number of hydrogen-bond donors (Lipinski definition) is 1. The first-order valence-electron chi connectivity index (χ1n) is 8.96. The van der Waals surface area contributed by atoms with E-state index in [1.807, 2.05) is 0 Å². The lowest BCUT2D eigenvalue weighted by Gasteiger charge is -2.11. The van der Waals surface area contributed by atoms with E-state index in [1.54, 1.807) is 19.3 Å². The molecule has 0 fully saturated rings. The van der Waals surface area contributed by atoms with Crippen LogP contribution in [0.1, 0.15) is 10.4 Å². The molecular formula is C22H13Cl2F2N3O2. The van der Waals surface area contributed by atoms with Crippen molar-refractivity contribution in [2.45, 2.75) is 0 Å². The van der Waals surface area contributed by atoms with Crippen molar-refractivity contribution in [1.82, 2.24) is 9.55 Å². The number of carbonyl (C=O) groups is 1. The first-order chi connectivity index (χ1) is 14.7. The largest absolute Gasteiger partial charge is 0.321 e. The average Bonchev–Trinajstić information content (AvgIpc) is 2.73. The third-order valence-electron chi connectivity index (χ3n) is 4.71. The van der Waals surface area contributed by atoms with Crippen molar-refractivity contribution >= 4 is 45.7 Å². The van der Waals surface area contributed by atoms with Gasteiger partial charge < -0.3 is 9.88 Å². The fourth-order valence-electron chi connectivity index (χ4n) is 3.12. The molecule has 0 saturated carbocycles. The monoisotopic (exact) mass is 459 g/mol. The van der Waals surface area contributed by atoms with E-state index in [1.165, 1.54) is 29.0 Å². The number of hydrogen-bond acceptors (Lipinski definition) is 3. The number of fused-ring (bicyclic) bond motifs is 1. The molecule has 5 nitrogen and oxygen atoms in total. The van der Waals surface area contributed by atoms with Crippen LogP contribution in [0.15, 0.2) is 59.7 Å². The average molecular weight is 460 g/mol. The molecule has 0 aliphatic carbocycles. The highest BCUT2D eigenvalue weighted by atomic mass is 35.5. The second kappa shape index (κ2) is 8.09. The van der Waals surface area contributed by atoms with Crippen molar-refractivity contribution < 1.29 is 13.6 Å². The molecular weight excluding hydrogens is 447 g/mol. The standard InChI is InChI=1S/C22H13Cl2F2N3O2/c1-29-5-4-20-16(22(29)31)7-12(10-27-20)28-21(30)15-9-19(26)14(8-18(15)24)13-3-2-11(25)6-17(13)23/h2-10H,1H3,(H,28,30). The minimum absolute atomic E-state index is 0.0102. The number of amides is 1. The quantitative estimate of drug-likeness (QED) is 0.443. The van der Waals surface area contributed by atoms with Crippen molar-refractivity contribution in [3.05, 3.63) is 92.5 Å². The van der Waals surface area contributed by atoms with Gasteiger partial charge in [0.1, 0.15) is 11.6 Å². The van der Waals surface area contributed by atoms with Crippen LogP contribution in [-0.2, 0) is 7.05 Å². The predicted octanol–water partition coefficient (Wildman–Crippen LogP) is 5.44. The Bertz CT molecular complexity index is 1420. The molecule has 2 aromatic carbocycles. The Balaban J connectivity index is 1.68. The Kier molecular flexibility index (Phi) is 5.47. The predicted molar refractivity (Wildman–Crippen MR) is 117 cm³/mol. The summed E-state index contributed by atoms with van der Waals surface area (Å²) >= 11 is 12.2. The molecule has 2 aromatic heterocycles. The maximum absolute atomic E-state index is 14.8. The molecule has 1 amide bonds. The van der Waals surface area contributed by atoms with Gasteiger partial charge in [-0.25, -0.2) is 8.78 Å². The summed E-state index contributed by atoms with van der Waals surface area (Å²) in [5, 5.41) is 2.87. The first-order valence-corrected chi connectivity index (χ1v) is 9.71. The zero-order valence-electron chi connectivity index (χ0n) is 15.9. The molecule has 9 heteroatoms. The van der Waals surface area contributed by atoms with E-state index in [-0.39, 0.29) is 38.0 Å². The highest BCUT2D eigenvalue weighted by Gasteiger charge is 2.18. The number of aromatic nitrogens is 2. The molecule has 2 heterocycles. The second-order valence-electron chi connectivity index (χ2n) is 6.78. The molecule has 0 saturated heterocycles. The summed E-state index contributed by atoms with van der Waals surface area (Å²) in [6, 6.07) is 8.91. The van der Waals surface area contributed by atoms with E-state index in [0.29, 0.717) is 10.9 Å². The zero-order valence-corrected chi connectivity index (χ0v) is 17.4. The molecule has 31 heavy (non-hydrogen) atoms. The minimum atomic E-state index is -0.756. The van der Waals surface area contributed by atoms with Gasteiger partial charge in [-0.2, -0.15) is 0 Å². The fraction of sp³-hybridized carbons (Fsp3) is 0.0455. The SMILES string of the molecule is Cn1ccc2ncc(NC(=O)c3cc(F)c(-c4ccc(F)cc4Cl)cc3Cl)cc2c1=O. The van der Waals surface area contributed by atoms with Crippen LogP contribution in [0.2, 0.25) is 10.0 Å². The van der Waals surface area contributed by atoms with Crippen molar-refractivity contribution in [3.63, 3.8) is 0 Å². The third kappa shape index (κ3) is 4.02. The van der Waals surface area contributed by atoms with Crippen LogP contribution in [-0.4, -0.2) is 15.5 Å². The highest BCUT2D eigenvalue weighted by Crippen LogP contribution is 2.34. The van der Waals surface area contributed by atoms with Crippen molar-refractivity contribution in [2.24, 2.45) is 7.05 Å². The number of nitrogens with zero attached hydrogens (tertiary/aromatic N) is 2. The molecule has 0 atom stereocenters. The lowest BCUT2D eigenvalue weighted by molar-refractivity contribution is 0.102. The molecule has 0 radical (unpaired) electrons. The fourth-order valence-corrected chi connectivity index (χ4v) is 3.64. The van der Waals surface area contributed by atoms with Crippen LogP contribution in [0.3, 0.4) is 0 Å². The van der Waals surface area contributed by atoms with Gasteiger partial charge in [-0.15, -0.1) is 0 Å². The van der Waals surface area contributed by atoms with Crippen molar-refractivity contribution in [2.75, 3.05) is 5.32 Å². The summed E-state index contributed by atoms with van der Waals surface area (Å²) in [6.07, 6.45) is 2.98. The number of rotatable bonds is 3. The molecule has 156 valence electrons. The van der Waals surface area contributed by atoms with Gasteiger partial charge in [0, 0.05) is 24.4 Å². The van der Waals surface area contributed by atoms with Gasteiger partial charge in [-0.05, 0) is 42.5 Å². The molecule has 0 spiro atoms. The number of anilines is 1. The molecule has 0 aliphatic heterocycles. The van der Waals surface area contributed by atoms with Crippen LogP contribution in [0.25, 0.3) is 22.0 Å². The second-order valence-corrected chi connectivity index (χ2v) is 7.59. The number of aryl methyl sites for hydroxylation is 1. The molecule has 1 N–H and O–H groups in total. The van der Waals surface area contributed by atoms with Gasteiger partial charge in [-0.3, -0.25) is 14.6 Å². The minimum Gasteiger partial charge on any atom is -0.321 e. The summed E-state index contributed by atoms with van der Waals surface area (Å²) in [6.45, 7) is 0. The summed E-state index contributed by atoms with van der Waals surface area (Å²) < 4.78 is 29.4. The van der Waals surface area contributed by atoms with E-state index >= 15 is 0 Å². The molecule has 4 aromatic rings. The highest BCUT2D eigenvalue weighted by molar-refractivity contribution is 6.35. The summed E-state index contributed by atoms with van der Waals surface area (Å²) in [4.78, 5) is 29.1. The van der Waals surface area contributed by atoms with Gasteiger partial charge in [0.2, 0.25) is 0 Å². The number of pyridine rings is 2. The molecule has 0 bridgehead atoms. The summed E-state index contributed by atoms with van der Waals surface area (Å²) in [7, 11) is 1.60. The van der Waals surface area contributed by atoms with E-state index in [4.69, 9.17) is 23.2 Å². The van der Waals surface area contributed by atoms with Gasteiger partial charge >= 0.3 is 0 Å². The number of nitrogens with one attached hydrogen (secondary N) is 1. The summed E-state index contributed by atoms with van der Waals surface area (Å²) in [5.74, 6) is -2.00. The lowest BCUT2D eigenvalue weighted by Crippen LogP contribution is -2.17. The molecule has 0 aliphatic rings. The first kappa shape index (κ1) is 21.0. The number of halogens is 4. The smallest absolute Gasteiger partial charge is 0.259 e. The Hall–Kier alpha value is -3.29. The van der Waals surface area contributed by atoms with E-state index in [0.717, 1.165) is 18.2 Å². The normalized spacial score (nSPS) is 11.0. The van der Waals surface area contributed by atoms with Crippen LogP contribution in [0.5, 0.6) is 0 Å². The van der Waals surface area contributed by atoms with Crippen LogP contribution >= 0.6 is 23.2 Å². The van der Waals surface area contributed by atoms with E-state index < -0.39 is 17.5 Å². The third-order valence-corrected chi connectivity index (χ3v) is 5.33.